The molecule has 0 saturated carbocycles. The number of rotatable bonds is 4. The standard InChI is InChI=1S/C14H18N2O5S/c1-20-8-5-9(14(18)19)16(7-8)13(17)11-6-15-12(22-11)10-3-2-4-21-10/h6,8-10H,2-5,7H2,1H3,(H,18,19). The van der Waals surface area contributed by atoms with Gasteiger partial charge >= 0.3 is 5.97 Å². The number of hydrogen-bond acceptors (Lipinski definition) is 6. The van der Waals surface area contributed by atoms with Gasteiger partial charge in [-0.15, -0.1) is 11.3 Å². The van der Waals surface area contributed by atoms with Crippen LogP contribution in [0, 0.1) is 0 Å². The Morgan fingerprint density at radius 3 is 3.00 bits per heavy atom. The summed E-state index contributed by atoms with van der Waals surface area (Å²) in [6, 6.07) is -0.842. The van der Waals surface area contributed by atoms with Crippen molar-refractivity contribution in [1.82, 2.24) is 9.88 Å². The number of carboxylic acids is 1. The SMILES string of the molecule is COC1CC(C(=O)O)N(C(=O)c2cnc(C3CCCO3)s2)C1. The number of methoxy groups -OCH3 is 1. The first-order valence-corrected chi connectivity index (χ1v) is 8.05. The minimum absolute atomic E-state index is 0.0351. The Bertz CT molecular complexity index is 569. The molecule has 120 valence electrons. The Labute approximate surface area is 131 Å². The van der Waals surface area contributed by atoms with Gasteiger partial charge in [-0.25, -0.2) is 9.78 Å². The Balaban J connectivity index is 1.76. The van der Waals surface area contributed by atoms with Crippen molar-refractivity contribution in [1.29, 1.82) is 0 Å². The highest BCUT2D eigenvalue weighted by atomic mass is 32.1. The number of aliphatic carboxylic acids is 1. The number of carbonyl (C=O) groups excluding carboxylic acids is 1. The van der Waals surface area contributed by atoms with Crippen LogP contribution in [0.5, 0.6) is 0 Å². The largest absolute Gasteiger partial charge is 0.480 e. The Kier molecular flexibility index (Phi) is 4.42. The van der Waals surface area contributed by atoms with E-state index in [4.69, 9.17) is 9.47 Å². The van der Waals surface area contributed by atoms with E-state index < -0.39 is 12.0 Å². The lowest BCUT2D eigenvalue weighted by Crippen LogP contribution is -2.40. The maximum atomic E-state index is 12.6. The second-order valence-electron chi connectivity index (χ2n) is 5.47. The zero-order valence-electron chi connectivity index (χ0n) is 12.2. The van der Waals surface area contributed by atoms with E-state index in [9.17, 15) is 14.7 Å². The van der Waals surface area contributed by atoms with E-state index in [2.05, 4.69) is 4.98 Å². The molecule has 8 heteroatoms. The number of amides is 1. The maximum absolute atomic E-state index is 12.6. The molecule has 0 bridgehead atoms. The number of ether oxygens (including phenoxy) is 2. The van der Waals surface area contributed by atoms with Gasteiger partial charge in [-0.1, -0.05) is 0 Å². The quantitative estimate of drug-likeness (QED) is 0.897. The predicted octanol–water partition coefficient (Wildman–Crippen LogP) is 1.31. The summed E-state index contributed by atoms with van der Waals surface area (Å²) in [4.78, 5) is 30.0. The molecule has 22 heavy (non-hydrogen) atoms. The first-order chi connectivity index (χ1) is 10.6. The molecule has 1 aromatic heterocycles. The molecule has 3 rings (SSSR count). The number of thiazole rings is 1. The highest BCUT2D eigenvalue weighted by Gasteiger charge is 2.40. The molecule has 0 radical (unpaired) electrons. The van der Waals surface area contributed by atoms with Crippen LogP contribution in [0.25, 0.3) is 0 Å². The van der Waals surface area contributed by atoms with Gasteiger partial charge in [-0.2, -0.15) is 0 Å². The van der Waals surface area contributed by atoms with Gasteiger partial charge < -0.3 is 19.5 Å². The van der Waals surface area contributed by atoms with Crippen molar-refractivity contribution in [2.75, 3.05) is 20.3 Å². The lowest BCUT2D eigenvalue weighted by atomic mass is 10.2. The highest BCUT2D eigenvalue weighted by molar-refractivity contribution is 7.13. The minimum atomic E-state index is -1.00. The predicted molar refractivity (Wildman–Crippen MR) is 77.9 cm³/mol. The average molecular weight is 326 g/mol. The third-order valence-electron chi connectivity index (χ3n) is 4.08. The van der Waals surface area contributed by atoms with Gasteiger partial charge in [-0.05, 0) is 12.8 Å². The summed E-state index contributed by atoms with van der Waals surface area (Å²) in [7, 11) is 1.53. The van der Waals surface area contributed by atoms with Gasteiger partial charge in [0.05, 0.1) is 12.3 Å². The van der Waals surface area contributed by atoms with Crippen LogP contribution in [-0.2, 0) is 14.3 Å². The van der Waals surface area contributed by atoms with Crippen molar-refractivity contribution in [2.45, 2.75) is 37.5 Å². The molecule has 0 spiro atoms. The molecule has 0 aromatic carbocycles. The summed E-state index contributed by atoms with van der Waals surface area (Å²) < 4.78 is 10.8. The summed E-state index contributed by atoms with van der Waals surface area (Å²) in [5.41, 5.74) is 0. The van der Waals surface area contributed by atoms with E-state index in [-0.39, 0.29) is 18.1 Å². The molecule has 1 aromatic rings. The van der Waals surface area contributed by atoms with E-state index in [0.717, 1.165) is 24.5 Å². The molecule has 1 amide bonds. The van der Waals surface area contributed by atoms with Crippen molar-refractivity contribution < 1.29 is 24.2 Å². The van der Waals surface area contributed by atoms with E-state index >= 15 is 0 Å². The molecular formula is C14H18N2O5S. The van der Waals surface area contributed by atoms with Crippen LogP contribution < -0.4 is 0 Å². The monoisotopic (exact) mass is 326 g/mol. The topological polar surface area (TPSA) is 89.0 Å². The molecule has 2 aliphatic heterocycles. The number of hydrogen-bond donors (Lipinski definition) is 1. The Morgan fingerprint density at radius 1 is 1.55 bits per heavy atom. The molecule has 2 fully saturated rings. The Hall–Kier alpha value is -1.51. The van der Waals surface area contributed by atoms with Gasteiger partial charge in [0.15, 0.2) is 0 Å². The smallest absolute Gasteiger partial charge is 0.326 e. The fourth-order valence-corrected chi connectivity index (χ4v) is 3.83. The number of carbonyl (C=O) groups is 2. The number of aromatic nitrogens is 1. The van der Waals surface area contributed by atoms with Crippen LogP contribution >= 0.6 is 11.3 Å². The molecule has 1 N–H and O–H groups in total. The van der Waals surface area contributed by atoms with Crippen molar-refractivity contribution in [3.63, 3.8) is 0 Å². The molecule has 0 aliphatic carbocycles. The highest BCUT2D eigenvalue weighted by Crippen LogP contribution is 2.32. The number of likely N-dealkylation sites (tertiary alicyclic amines) is 1. The average Bonchev–Trinajstić information content (AvgIpc) is 3.23. The Morgan fingerprint density at radius 2 is 2.36 bits per heavy atom. The molecule has 3 atom stereocenters. The van der Waals surface area contributed by atoms with Gasteiger partial charge in [0.1, 0.15) is 22.0 Å². The van der Waals surface area contributed by atoms with Gasteiger partial charge in [-0.3, -0.25) is 4.79 Å². The second kappa shape index (κ2) is 6.31. The molecule has 2 saturated heterocycles. The molecule has 3 heterocycles. The van der Waals surface area contributed by atoms with Crippen LogP contribution in [0.3, 0.4) is 0 Å². The van der Waals surface area contributed by atoms with Crippen LogP contribution in [0.4, 0.5) is 0 Å². The summed E-state index contributed by atoms with van der Waals surface area (Å²) in [6.45, 7) is 1.01. The lowest BCUT2D eigenvalue weighted by molar-refractivity contribution is -0.141. The molecule has 7 nitrogen and oxygen atoms in total. The zero-order valence-corrected chi connectivity index (χ0v) is 13.0. The van der Waals surface area contributed by atoms with E-state index in [0.29, 0.717) is 17.8 Å². The summed E-state index contributed by atoms with van der Waals surface area (Å²) in [6.07, 6.45) is 3.46. The van der Waals surface area contributed by atoms with Crippen LogP contribution in [-0.4, -0.2) is 59.3 Å². The summed E-state index contributed by atoms with van der Waals surface area (Å²) >= 11 is 1.29. The van der Waals surface area contributed by atoms with Crippen LogP contribution in [0.2, 0.25) is 0 Å². The number of carboxylic acid groups (broad SMARTS) is 1. The molecular weight excluding hydrogens is 308 g/mol. The van der Waals surface area contributed by atoms with Gasteiger partial charge in [0.25, 0.3) is 5.91 Å². The van der Waals surface area contributed by atoms with E-state index in [1.807, 2.05) is 0 Å². The van der Waals surface area contributed by atoms with Gasteiger partial charge in [0.2, 0.25) is 0 Å². The van der Waals surface area contributed by atoms with E-state index in [1.54, 1.807) is 0 Å². The van der Waals surface area contributed by atoms with Gasteiger partial charge in [0, 0.05) is 26.7 Å². The molecule has 2 aliphatic rings. The van der Waals surface area contributed by atoms with Crippen molar-refractivity contribution in [3.05, 3.63) is 16.1 Å². The van der Waals surface area contributed by atoms with Crippen molar-refractivity contribution in [3.8, 4) is 0 Å². The first-order valence-electron chi connectivity index (χ1n) is 7.24. The molecule has 3 unspecified atom stereocenters. The number of nitrogens with zero attached hydrogens (tertiary/aromatic N) is 2. The first kappa shape index (κ1) is 15.4. The van der Waals surface area contributed by atoms with Crippen LogP contribution in [0.1, 0.15) is 40.0 Å². The van der Waals surface area contributed by atoms with Crippen molar-refractivity contribution in [2.24, 2.45) is 0 Å². The lowest BCUT2D eigenvalue weighted by Gasteiger charge is -2.20. The van der Waals surface area contributed by atoms with E-state index in [1.165, 1.54) is 29.5 Å². The third kappa shape index (κ3) is 2.86. The second-order valence-corrected chi connectivity index (χ2v) is 6.53. The zero-order chi connectivity index (χ0) is 15.7. The third-order valence-corrected chi connectivity index (χ3v) is 5.16. The fraction of sp³-hybridized carbons (Fsp3) is 0.643. The van der Waals surface area contributed by atoms with Crippen LogP contribution in [0.15, 0.2) is 6.20 Å². The normalized spacial score (nSPS) is 28.2. The fourth-order valence-electron chi connectivity index (χ4n) is 2.88. The summed E-state index contributed by atoms with van der Waals surface area (Å²) in [5, 5.41) is 10.1. The summed E-state index contributed by atoms with van der Waals surface area (Å²) in [5.74, 6) is -1.30. The minimum Gasteiger partial charge on any atom is -0.480 e. The van der Waals surface area contributed by atoms with Crippen molar-refractivity contribution >= 4 is 23.2 Å². The maximum Gasteiger partial charge on any atom is 0.326 e.